The zero-order valence-corrected chi connectivity index (χ0v) is 12.0. The summed E-state index contributed by atoms with van der Waals surface area (Å²) in [5.74, 6) is 0.163. The Kier molecular flexibility index (Phi) is 3.84. The molecule has 0 amide bonds. The molecule has 19 heavy (non-hydrogen) atoms. The van der Waals surface area contributed by atoms with Crippen LogP contribution in [0.25, 0.3) is 0 Å². The van der Waals surface area contributed by atoms with Crippen LogP contribution in [-0.4, -0.2) is 15.6 Å². The molecule has 0 unspecified atom stereocenters. The van der Waals surface area contributed by atoms with Gasteiger partial charge in [0.15, 0.2) is 5.78 Å². The molecule has 1 aromatic heterocycles. The lowest BCUT2D eigenvalue weighted by atomic mass is 9.98. The molecule has 0 fully saturated rings. The SMILES string of the molecule is CCn1nc(C)cc1CC(=O)c1cccc(C)c1C. The smallest absolute Gasteiger partial charge is 0.169 e. The zero-order valence-electron chi connectivity index (χ0n) is 12.0. The Labute approximate surface area is 114 Å². The minimum Gasteiger partial charge on any atom is -0.294 e. The van der Waals surface area contributed by atoms with Gasteiger partial charge in [0.2, 0.25) is 0 Å². The molecule has 0 aliphatic rings. The third-order valence-corrected chi connectivity index (χ3v) is 3.53. The number of carbonyl (C=O) groups excluding carboxylic acids is 1. The summed E-state index contributed by atoms with van der Waals surface area (Å²) in [5.41, 5.74) is 5.01. The van der Waals surface area contributed by atoms with E-state index in [1.165, 1.54) is 0 Å². The Balaban J connectivity index is 2.28. The number of carbonyl (C=O) groups is 1. The van der Waals surface area contributed by atoms with Gasteiger partial charge in [-0.2, -0.15) is 5.10 Å². The third kappa shape index (κ3) is 2.75. The molecule has 0 saturated carbocycles. The zero-order chi connectivity index (χ0) is 14.0. The van der Waals surface area contributed by atoms with E-state index in [9.17, 15) is 4.79 Å². The van der Waals surface area contributed by atoms with Gasteiger partial charge in [0.1, 0.15) is 0 Å². The summed E-state index contributed by atoms with van der Waals surface area (Å²) in [6.45, 7) is 8.83. The van der Waals surface area contributed by atoms with Crippen molar-refractivity contribution in [2.24, 2.45) is 0 Å². The van der Waals surface area contributed by atoms with Crippen LogP contribution < -0.4 is 0 Å². The van der Waals surface area contributed by atoms with Crippen molar-refractivity contribution in [2.45, 2.75) is 40.7 Å². The van der Waals surface area contributed by atoms with Crippen LogP contribution in [0, 0.1) is 20.8 Å². The van der Waals surface area contributed by atoms with Crippen molar-refractivity contribution in [3.05, 3.63) is 52.3 Å². The Morgan fingerprint density at radius 1 is 1.26 bits per heavy atom. The molecule has 0 radical (unpaired) electrons. The van der Waals surface area contributed by atoms with Gasteiger partial charge in [-0.1, -0.05) is 18.2 Å². The summed E-state index contributed by atoms with van der Waals surface area (Å²) in [5, 5.41) is 4.38. The summed E-state index contributed by atoms with van der Waals surface area (Å²) in [6.07, 6.45) is 0.416. The van der Waals surface area contributed by atoms with Crippen LogP contribution >= 0.6 is 0 Å². The molecule has 3 heteroatoms. The summed E-state index contributed by atoms with van der Waals surface area (Å²) < 4.78 is 1.90. The first-order valence-electron chi connectivity index (χ1n) is 6.65. The summed E-state index contributed by atoms with van der Waals surface area (Å²) >= 11 is 0. The molecule has 0 atom stereocenters. The van der Waals surface area contributed by atoms with Gasteiger partial charge >= 0.3 is 0 Å². The Morgan fingerprint density at radius 3 is 2.68 bits per heavy atom. The van der Waals surface area contributed by atoms with E-state index in [1.54, 1.807) is 0 Å². The van der Waals surface area contributed by atoms with Crippen LogP contribution in [-0.2, 0) is 13.0 Å². The molecule has 2 aromatic rings. The molecular weight excluding hydrogens is 236 g/mol. The van der Waals surface area contributed by atoms with Gasteiger partial charge in [-0.25, -0.2) is 0 Å². The summed E-state index contributed by atoms with van der Waals surface area (Å²) in [4.78, 5) is 12.4. The second-order valence-electron chi connectivity index (χ2n) is 4.94. The van der Waals surface area contributed by atoms with Gasteiger partial charge in [-0.3, -0.25) is 9.48 Å². The molecule has 1 aromatic carbocycles. The standard InChI is InChI=1S/C16H20N2O/c1-5-18-14(9-12(3)17-18)10-16(19)15-8-6-7-11(2)13(15)4/h6-9H,5,10H2,1-4H3. The van der Waals surface area contributed by atoms with Gasteiger partial charge in [0, 0.05) is 17.8 Å². The molecule has 1 heterocycles. The summed E-state index contributed by atoms with van der Waals surface area (Å²) in [7, 11) is 0. The highest BCUT2D eigenvalue weighted by Crippen LogP contribution is 2.16. The lowest BCUT2D eigenvalue weighted by molar-refractivity contribution is 0.0990. The first kappa shape index (κ1) is 13.5. The van der Waals surface area contributed by atoms with E-state index in [0.29, 0.717) is 6.42 Å². The molecule has 3 nitrogen and oxygen atoms in total. The maximum absolute atomic E-state index is 12.4. The molecule has 0 bridgehead atoms. The fourth-order valence-corrected chi connectivity index (χ4v) is 2.33. The maximum Gasteiger partial charge on any atom is 0.169 e. The highest BCUT2D eigenvalue weighted by atomic mass is 16.1. The second kappa shape index (κ2) is 5.39. The van der Waals surface area contributed by atoms with Crippen molar-refractivity contribution < 1.29 is 4.79 Å². The average molecular weight is 256 g/mol. The minimum atomic E-state index is 0.163. The highest BCUT2D eigenvalue weighted by Gasteiger charge is 2.14. The highest BCUT2D eigenvalue weighted by molar-refractivity contribution is 5.98. The minimum absolute atomic E-state index is 0.163. The molecule has 0 spiro atoms. The van der Waals surface area contributed by atoms with Crippen LogP contribution in [0.4, 0.5) is 0 Å². The number of Topliss-reactive ketones (excluding diaryl/α,β-unsaturated/α-hetero) is 1. The van der Waals surface area contributed by atoms with E-state index in [2.05, 4.69) is 5.10 Å². The quantitative estimate of drug-likeness (QED) is 0.787. The van der Waals surface area contributed by atoms with Gasteiger partial charge in [-0.15, -0.1) is 0 Å². The van der Waals surface area contributed by atoms with Crippen LogP contribution in [0.1, 0.15) is 39.8 Å². The average Bonchev–Trinajstić information content (AvgIpc) is 2.72. The number of hydrogen-bond donors (Lipinski definition) is 0. The van der Waals surface area contributed by atoms with E-state index >= 15 is 0 Å². The number of rotatable bonds is 4. The predicted octanol–water partition coefficient (Wildman–Crippen LogP) is 3.25. The molecule has 2 rings (SSSR count). The monoisotopic (exact) mass is 256 g/mol. The second-order valence-corrected chi connectivity index (χ2v) is 4.94. The number of aromatic nitrogens is 2. The van der Waals surface area contributed by atoms with Crippen LogP contribution in [0.2, 0.25) is 0 Å². The van der Waals surface area contributed by atoms with Gasteiger partial charge in [0.25, 0.3) is 0 Å². The van der Waals surface area contributed by atoms with E-state index < -0.39 is 0 Å². The van der Waals surface area contributed by atoms with E-state index in [1.807, 2.05) is 56.6 Å². The van der Waals surface area contributed by atoms with Crippen LogP contribution in [0.3, 0.4) is 0 Å². The number of nitrogens with zero attached hydrogens (tertiary/aromatic N) is 2. The van der Waals surface area contributed by atoms with E-state index in [0.717, 1.165) is 34.6 Å². The Bertz CT molecular complexity index is 611. The van der Waals surface area contributed by atoms with Crippen molar-refractivity contribution in [3.8, 4) is 0 Å². The number of hydrogen-bond acceptors (Lipinski definition) is 2. The first-order chi connectivity index (χ1) is 9.02. The third-order valence-electron chi connectivity index (χ3n) is 3.53. The predicted molar refractivity (Wildman–Crippen MR) is 76.6 cm³/mol. The van der Waals surface area contributed by atoms with E-state index in [4.69, 9.17) is 0 Å². The van der Waals surface area contributed by atoms with Gasteiger partial charge in [0.05, 0.1) is 12.1 Å². The molecular formula is C16H20N2O. The van der Waals surface area contributed by atoms with Crippen molar-refractivity contribution in [3.63, 3.8) is 0 Å². The Morgan fingerprint density at radius 2 is 2.00 bits per heavy atom. The first-order valence-corrected chi connectivity index (χ1v) is 6.65. The van der Waals surface area contributed by atoms with Gasteiger partial charge in [-0.05, 0) is 44.9 Å². The molecule has 0 aliphatic heterocycles. The van der Waals surface area contributed by atoms with Gasteiger partial charge < -0.3 is 0 Å². The summed E-state index contributed by atoms with van der Waals surface area (Å²) in [6, 6.07) is 7.88. The van der Waals surface area contributed by atoms with E-state index in [-0.39, 0.29) is 5.78 Å². The fourth-order valence-electron chi connectivity index (χ4n) is 2.33. The number of ketones is 1. The van der Waals surface area contributed by atoms with Crippen LogP contribution in [0.5, 0.6) is 0 Å². The molecule has 0 N–H and O–H groups in total. The normalized spacial score (nSPS) is 10.7. The van der Waals surface area contributed by atoms with Crippen molar-refractivity contribution in [1.82, 2.24) is 9.78 Å². The fraction of sp³-hybridized carbons (Fsp3) is 0.375. The number of aryl methyl sites for hydroxylation is 3. The maximum atomic E-state index is 12.4. The topological polar surface area (TPSA) is 34.9 Å². The van der Waals surface area contributed by atoms with Crippen molar-refractivity contribution >= 4 is 5.78 Å². The number of benzene rings is 1. The molecule has 0 saturated heterocycles. The molecule has 0 aliphatic carbocycles. The lowest BCUT2D eigenvalue weighted by Crippen LogP contribution is -2.11. The largest absolute Gasteiger partial charge is 0.294 e. The Hall–Kier alpha value is -1.90. The lowest BCUT2D eigenvalue weighted by Gasteiger charge is -2.08. The van der Waals surface area contributed by atoms with Crippen molar-refractivity contribution in [2.75, 3.05) is 0 Å². The van der Waals surface area contributed by atoms with Crippen LogP contribution in [0.15, 0.2) is 24.3 Å². The molecule has 100 valence electrons. The van der Waals surface area contributed by atoms with Crippen molar-refractivity contribution in [1.29, 1.82) is 0 Å².